The second-order valence-corrected chi connectivity index (χ2v) is 4.88. The van der Waals surface area contributed by atoms with Gasteiger partial charge in [-0.25, -0.2) is 9.97 Å². The van der Waals surface area contributed by atoms with Crippen molar-refractivity contribution in [3.63, 3.8) is 0 Å². The first-order valence-corrected chi connectivity index (χ1v) is 7.14. The summed E-state index contributed by atoms with van der Waals surface area (Å²) in [4.78, 5) is 8.94. The van der Waals surface area contributed by atoms with Crippen molar-refractivity contribution in [2.24, 2.45) is 0 Å². The van der Waals surface area contributed by atoms with E-state index in [1.807, 2.05) is 50.2 Å². The van der Waals surface area contributed by atoms with Gasteiger partial charge < -0.3 is 4.74 Å². The van der Waals surface area contributed by atoms with E-state index in [1.165, 1.54) is 0 Å². The van der Waals surface area contributed by atoms with E-state index in [4.69, 9.17) is 4.74 Å². The van der Waals surface area contributed by atoms with Crippen LogP contribution in [0.4, 0.5) is 0 Å². The van der Waals surface area contributed by atoms with Crippen molar-refractivity contribution < 1.29 is 4.74 Å². The maximum atomic E-state index is 9.59. The number of ether oxygens (including phenoxy) is 1. The first-order chi connectivity index (χ1) is 10.8. The van der Waals surface area contributed by atoms with Crippen LogP contribution in [0.5, 0.6) is 5.88 Å². The van der Waals surface area contributed by atoms with Crippen molar-refractivity contribution >= 4 is 10.9 Å². The highest BCUT2D eigenvalue weighted by Crippen LogP contribution is 2.33. The topological polar surface area (TPSA) is 58.8 Å². The molecule has 4 heteroatoms. The van der Waals surface area contributed by atoms with Gasteiger partial charge in [0.15, 0.2) is 0 Å². The Kier molecular flexibility index (Phi) is 3.71. The van der Waals surface area contributed by atoms with Crippen LogP contribution in [-0.4, -0.2) is 16.6 Å². The molecule has 0 amide bonds. The lowest BCUT2D eigenvalue weighted by Crippen LogP contribution is -2.00. The van der Waals surface area contributed by atoms with Crippen LogP contribution in [-0.2, 0) is 0 Å². The minimum Gasteiger partial charge on any atom is -0.477 e. The summed E-state index contributed by atoms with van der Waals surface area (Å²) in [5.41, 5.74) is 3.72. The maximum absolute atomic E-state index is 9.59. The molecule has 22 heavy (non-hydrogen) atoms. The average Bonchev–Trinajstić information content (AvgIpc) is 2.56. The molecule has 0 atom stereocenters. The summed E-state index contributed by atoms with van der Waals surface area (Å²) in [7, 11) is 0. The molecule has 0 saturated carbocycles. The Morgan fingerprint density at radius 3 is 2.77 bits per heavy atom. The van der Waals surface area contributed by atoms with E-state index in [0.717, 1.165) is 22.0 Å². The van der Waals surface area contributed by atoms with Crippen LogP contribution in [0.1, 0.15) is 18.1 Å². The number of hydrogen-bond acceptors (Lipinski definition) is 4. The van der Waals surface area contributed by atoms with Crippen molar-refractivity contribution in [2.45, 2.75) is 13.8 Å². The van der Waals surface area contributed by atoms with Crippen molar-refractivity contribution in [1.29, 1.82) is 5.26 Å². The molecule has 0 unspecified atom stereocenters. The van der Waals surface area contributed by atoms with Gasteiger partial charge in [0.1, 0.15) is 6.07 Å². The Balaban J connectivity index is 2.34. The van der Waals surface area contributed by atoms with Crippen LogP contribution < -0.4 is 4.74 Å². The third kappa shape index (κ3) is 2.27. The van der Waals surface area contributed by atoms with Crippen LogP contribution in [0.3, 0.4) is 0 Å². The number of benzene rings is 1. The predicted molar refractivity (Wildman–Crippen MR) is 85.6 cm³/mol. The molecule has 0 saturated heterocycles. The molecule has 0 bridgehead atoms. The zero-order valence-electron chi connectivity index (χ0n) is 12.5. The SMILES string of the molecule is CCOc1ncccc1-c1nc2ccccc2c(C)c1C#N. The molecule has 0 aliphatic rings. The highest BCUT2D eigenvalue weighted by atomic mass is 16.5. The van der Waals surface area contributed by atoms with E-state index in [1.54, 1.807) is 6.20 Å². The average molecular weight is 289 g/mol. The standard InChI is InChI=1S/C18H15N3O/c1-3-22-18-14(8-6-10-20-18)17-15(11-19)12(2)13-7-4-5-9-16(13)21-17/h4-10H,3H2,1-2H3. The third-order valence-corrected chi connectivity index (χ3v) is 3.57. The van der Waals surface area contributed by atoms with Gasteiger partial charge in [0, 0.05) is 11.6 Å². The van der Waals surface area contributed by atoms with Crippen LogP contribution in [0, 0.1) is 18.3 Å². The van der Waals surface area contributed by atoms with Gasteiger partial charge in [0.2, 0.25) is 5.88 Å². The minimum atomic E-state index is 0.503. The number of aryl methyl sites for hydroxylation is 1. The summed E-state index contributed by atoms with van der Waals surface area (Å²) < 4.78 is 5.58. The van der Waals surface area contributed by atoms with Gasteiger partial charge >= 0.3 is 0 Å². The van der Waals surface area contributed by atoms with Gasteiger partial charge in [-0.05, 0) is 37.6 Å². The third-order valence-electron chi connectivity index (χ3n) is 3.57. The number of hydrogen-bond donors (Lipinski definition) is 0. The number of pyridine rings is 2. The molecule has 0 radical (unpaired) electrons. The molecule has 0 spiro atoms. The lowest BCUT2D eigenvalue weighted by Gasteiger charge is -2.12. The molecule has 2 heterocycles. The number of rotatable bonds is 3. The summed E-state index contributed by atoms with van der Waals surface area (Å²) in [6.45, 7) is 4.37. The largest absolute Gasteiger partial charge is 0.477 e. The first kappa shape index (κ1) is 14.0. The lowest BCUT2D eigenvalue weighted by atomic mass is 9.99. The van der Waals surface area contributed by atoms with Gasteiger partial charge in [-0.2, -0.15) is 5.26 Å². The summed E-state index contributed by atoms with van der Waals surface area (Å²) in [5.74, 6) is 0.503. The normalized spacial score (nSPS) is 10.4. The second-order valence-electron chi connectivity index (χ2n) is 4.88. The van der Waals surface area contributed by atoms with E-state index in [9.17, 15) is 5.26 Å². The lowest BCUT2D eigenvalue weighted by molar-refractivity contribution is 0.328. The fourth-order valence-electron chi connectivity index (χ4n) is 2.53. The van der Waals surface area contributed by atoms with Gasteiger partial charge in [-0.1, -0.05) is 18.2 Å². The molecule has 3 rings (SSSR count). The summed E-state index contributed by atoms with van der Waals surface area (Å²) in [5, 5.41) is 10.6. The van der Waals surface area contributed by atoms with Crippen molar-refractivity contribution in [3.05, 3.63) is 53.7 Å². The van der Waals surface area contributed by atoms with Crippen LogP contribution in [0.15, 0.2) is 42.6 Å². The summed E-state index contributed by atoms with van der Waals surface area (Å²) in [6, 6.07) is 13.8. The smallest absolute Gasteiger partial charge is 0.222 e. The van der Waals surface area contributed by atoms with Gasteiger partial charge in [0.25, 0.3) is 0 Å². The molecule has 0 N–H and O–H groups in total. The van der Waals surface area contributed by atoms with E-state index in [0.29, 0.717) is 23.7 Å². The predicted octanol–water partition coefficient (Wildman–Crippen LogP) is 3.88. The highest BCUT2D eigenvalue weighted by molar-refractivity contribution is 5.89. The fraction of sp³-hybridized carbons (Fsp3) is 0.167. The molecule has 4 nitrogen and oxygen atoms in total. The fourth-order valence-corrected chi connectivity index (χ4v) is 2.53. The minimum absolute atomic E-state index is 0.503. The van der Waals surface area contributed by atoms with E-state index < -0.39 is 0 Å². The quantitative estimate of drug-likeness (QED) is 0.734. The first-order valence-electron chi connectivity index (χ1n) is 7.14. The summed E-state index contributed by atoms with van der Waals surface area (Å²) >= 11 is 0. The molecule has 2 aromatic heterocycles. The zero-order chi connectivity index (χ0) is 15.5. The molecule has 0 aliphatic carbocycles. The Morgan fingerprint density at radius 2 is 2.00 bits per heavy atom. The van der Waals surface area contributed by atoms with E-state index in [-0.39, 0.29) is 0 Å². The summed E-state index contributed by atoms with van der Waals surface area (Å²) in [6.07, 6.45) is 1.68. The molecule has 0 aliphatic heterocycles. The molecular weight excluding hydrogens is 274 g/mol. The number of nitrogens with zero attached hydrogens (tertiary/aromatic N) is 3. The molecule has 3 aromatic rings. The molecule has 0 fully saturated rings. The Morgan fingerprint density at radius 1 is 1.18 bits per heavy atom. The van der Waals surface area contributed by atoms with E-state index >= 15 is 0 Å². The zero-order valence-corrected chi connectivity index (χ0v) is 12.5. The van der Waals surface area contributed by atoms with Gasteiger partial charge in [-0.15, -0.1) is 0 Å². The van der Waals surface area contributed by atoms with Gasteiger partial charge in [-0.3, -0.25) is 0 Å². The van der Waals surface area contributed by atoms with Gasteiger partial charge in [0.05, 0.1) is 28.9 Å². The monoisotopic (exact) mass is 289 g/mol. The number of aromatic nitrogens is 2. The van der Waals surface area contributed by atoms with Crippen molar-refractivity contribution in [1.82, 2.24) is 9.97 Å². The van der Waals surface area contributed by atoms with Crippen LogP contribution in [0.25, 0.3) is 22.2 Å². The Labute approximate surface area is 129 Å². The van der Waals surface area contributed by atoms with E-state index in [2.05, 4.69) is 16.0 Å². The number of fused-ring (bicyclic) bond motifs is 1. The maximum Gasteiger partial charge on any atom is 0.222 e. The number of para-hydroxylation sites is 1. The highest BCUT2D eigenvalue weighted by Gasteiger charge is 2.17. The van der Waals surface area contributed by atoms with Crippen molar-refractivity contribution in [2.75, 3.05) is 6.61 Å². The molecular formula is C18H15N3O. The number of nitriles is 1. The second kappa shape index (κ2) is 5.82. The Hall–Kier alpha value is -2.93. The van der Waals surface area contributed by atoms with Crippen LogP contribution in [0.2, 0.25) is 0 Å². The molecule has 1 aromatic carbocycles. The van der Waals surface area contributed by atoms with Crippen LogP contribution >= 0.6 is 0 Å². The Bertz CT molecular complexity index is 881. The molecule has 108 valence electrons. The van der Waals surface area contributed by atoms with Crippen molar-refractivity contribution in [3.8, 4) is 23.2 Å².